The van der Waals surface area contributed by atoms with Gasteiger partial charge in [0.05, 0.1) is 0 Å². The Morgan fingerprint density at radius 3 is 1.94 bits per heavy atom. The van der Waals surface area contributed by atoms with Gasteiger partial charge in [-0.15, -0.1) is 6.42 Å². The number of hydrogen-bond donors (Lipinski definition) is 0. The third-order valence-corrected chi connectivity index (χ3v) is 2.87. The maximum absolute atomic E-state index is 4.93. The Hall–Kier alpha value is 0.474. The Kier molecular flexibility index (Phi) is 39.1. The average Bonchev–Trinajstić information content (AvgIpc) is 2.99. The van der Waals surface area contributed by atoms with E-state index in [0.717, 1.165) is 6.42 Å². The van der Waals surface area contributed by atoms with Gasteiger partial charge in [0.1, 0.15) is 0 Å². The monoisotopic (exact) mass is 341 g/mol. The maximum Gasteiger partial charge on any atom is 4.00 e. The smallest absolute Gasteiger partial charge is 1.00 e. The van der Waals surface area contributed by atoms with Crippen molar-refractivity contribution in [2.45, 2.75) is 26.2 Å². The Labute approximate surface area is 141 Å². The second kappa shape index (κ2) is 26.1. The predicted molar refractivity (Wildman–Crippen MR) is 71.8 cm³/mol. The Morgan fingerprint density at radius 1 is 1.22 bits per heavy atom. The molecule has 1 heterocycles. The molecule has 2 rings (SSSR count). The van der Waals surface area contributed by atoms with Crippen molar-refractivity contribution in [3.05, 3.63) is 49.1 Å². The zero-order valence-corrected chi connectivity index (χ0v) is 14.4. The standard InChI is InChI=1S/C5H5.C5H7.C4H8S.2ClH.V/c1-2-4-5-3-1;1-3-5-4-2;1-2-4-5-3-1;;;/h1-3H,4H2;1,3-5H,2H3;1-4H2;2*1H;/q2*-1;;;;+4/p-2. The molecule has 0 aromatic rings. The number of halogens is 2. The first-order chi connectivity index (χ1) is 7.41. The van der Waals surface area contributed by atoms with Gasteiger partial charge in [-0.05, 0) is 24.3 Å². The molecule has 18 heavy (non-hydrogen) atoms. The number of allylic oxidation sites excluding steroid dienone is 7. The van der Waals surface area contributed by atoms with Gasteiger partial charge in [-0.1, -0.05) is 6.92 Å². The molecular formula is C14H20Cl2SV. The average molecular weight is 342 g/mol. The van der Waals surface area contributed by atoms with Gasteiger partial charge in [0, 0.05) is 0 Å². The van der Waals surface area contributed by atoms with E-state index in [1.807, 2.05) is 25.2 Å². The molecule has 0 N–H and O–H groups in total. The van der Waals surface area contributed by atoms with Crippen LogP contribution in [-0.2, 0) is 18.6 Å². The maximum atomic E-state index is 4.93. The molecule has 1 radical (unpaired) electrons. The van der Waals surface area contributed by atoms with E-state index in [1.165, 1.54) is 30.4 Å². The van der Waals surface area contributed by atoms with Gasteiger partial charge in [0.15, 0.2) is 0 Å². The van der Waals surface area contributed by atoms with Crippen molar-refractivity contribution in [2.75, 3.05) is 11.5 Å². The van der Waals surface area contributed by atoms with E-state index >= 15 is 0 Å². The van der Waals surface area contributed by atoms with E-state index < -0.39 is 0 Å². The van der Waals surface area contributed by atoms with Gasteiger partial charge in [-0.2, -0.15) is 23.9 Å². The van der Waals surface area contributed by atoms with Crippen LogP contribution in [-0.4, -0.2) is 11.5 Å². The largest absolute Gasteiger partial charge is 4.00 e. The molecule has 0 atom stereocenters. The van der Waals surface area contributed by atoms with E-state index in [1.54, 1.807) is 6.08 Å². The summed E-state index contributed by atoms with van der Waals surface area (Å²) in [5.74, 6) is 2.83. The van der Waals surface area contributed by atoms with Gasteiger partial charge in [0.2, 0.25) is 0 Å². The van der Waals surface area contributed by atoms with Crippen LogP contribution in [0.5, 0.6) is 0 Å². The van der Waals surface area contributed by atoms with Gasteiger partial charge in [-0.3, -0.25) is 12.7 Å². The number of rotatable bonds is 1. The summed E-state index contributed by atoms with van der Waals surface area (Å²) in [6, 6.07) is 0. The zero-order chi connectivity index (χ0) is 11.2. The van der Waals surface area contributed by atoms with Crippen molar-refractivity contribution in [3.63, 3.8) is 0 Å². The number of hydrogen-bond acceptors (Lipinski definition) is 1. The molecule has 1 saturated heterocycles. The minimum atomic E-state index is 0. The molecule has 2 aliphatic rings. The molecule has 0 saturated carbocycles. The first-order valence-corrected chi connectivity index (χ1v) is 6.53. The van der Waals surface area contributed by atoms with Crippen LogP contribution in [0.15, 0.2) is 36.5 Å². The third-order valence-electron chi connectivity index (χ3n) is 1.72. The van der Waals surface area contributed by atoms with Gasteiger partial charge >= 0.3 is 18.6 Å². The van der Waals surface area contributed by atoms with E-state index in [9.17, 15) is 0 Å². The van der Waals surface area contributed by atoms with Crippen LogP contribution in [0.3, 0.4) is 0 Å². The minimum Gasteiger partial charge on any atom is -1.00 e. The molecular weight excluding hydrogens is 322 g/mol. The van der Waals surface area contributed by atoms with Crippen LogP contribution >= 0.6 is 11.8 Å². The molecule has 4 heteroatoms. The first kappa shape index (κ1) is 26.9. The molecule has 0 aromatic heterocycles. The topological polar surface area (TPSA) is 0 Å². The molecule has 1 aliphatic carbocycles. The molecule has 0 spiro atoms. The van der Waals surface area contributed by atoms with Crippen molar-refractivity contribution in [1.29, 1.82) is 0 Å². The van der Waals surface area contributed by atoms with Gasteiger partial charge < -0.3 is 24.8 Å². The van der Waals surface area contributed by atoms with Crippen LogP contribution in [0.2, 0.25) is 0 Å². The van der Waals surface area contributed by atoms with Gasteiger partial charge in [0.25, 0.3) is 0 Å². The molecule has 0 unspecified atom stereocenters. The molecule has 0 amide bonds. The summed E-state index contributed by atoms with van der Waals surface area (Å²) in [4.78, 5) is 0. The summed E-state index contributed by atoms with van der Waals surface area (Å²) >= 11 is 2.07. The third kappa shape index (κ3) is 25.4. The van der Waals surface area contributed by atoms with Crippen LogP contribution in [0.4, 0.5) is 0 Å². The van der Waals surface area contributed by atoms with Crippen LogP contribution in [0.25, 0.3) is 0 Å². The molecule has 101 valence electrons. The SMILES string of the molecule is C1CCSC1.[C-]1=CC=CC1.[CH-]=CC=CC.[Cl-].[Cl-].[V+4]. The molecule has 1 fully saturated rings. The first-order valence-electron chi connectivity index (χ1n) is 5.37. The fraction of sp³-hybridized carbons (Fsp3) is 0.429. The fourth-order valence-corrected chi connectivity index (χ4v) is 1.98. The molecule has 0 bridgehead atoms. The van der Waals surface area contributed by atoms with Crippen LogP contribution in [0.1, 0.15) is 26.2 Å². The minimum absolute atomic E-state index is 0. The van der Waals surface area contributed by atoms with Crippen molar-refractivity contribution in [2.24, 2.45) is 0 Å². The Balaban J connectivity index is -0.0000000754. The summed E-state index contributed by atoms with van der Waals surface area (Å²) in [5, 5.41) is 0. The van der Waals surface area contributed by atoms with E-state index in [0.29, 0.717) is 0 Å². The van der Waals surface area contributed by atoms with Crippen LogP contribution < -0.4 is 24.8 Å². The van der Waals surface area contributed by atoms with E-state index in [4.69, 9.17) is 6.58 Å². The molecule has 0 nitrogen and oxygen atoms in total. The van der Waals surface area contributed by atoms with Crippen molar-refractivity contribution in [3.8, 4) is 0 Å². The van der Waals surface area contributed by atoms with E-state index in [-0.39, 0.29) is 43.4 Å². The Morgan fingerprint density at radius 2 is 1.83 bits per heavy atom. The zero-order valence-electron chi connectivity index (χ0n) is 10.7. The molecule has 0 aromatic carbocycles. The second-order valence-corrected chi connectivity index (χ2v) is 4.27. The fourth-order valence-electron chi connectivity index (χ4n) is 0.962. The summed E-state index contributed by atoms with van der Waals surface area (Å²) < 4.78 is 0. The molecule has 1 aliphatic heterocycles. The van der Waals surface area contributed by atoms with Crippen molar-refractivity contribution >= 4 is 11.8 Å². The Bertz CT molecular complexity index is 201. The summed E-state index contributed by atoms with van der Waals surface area (Å²) in [6.45, 7) is 6.85. The summed E-state index contributed by atoms with van der Waals surface area (Å²) in [6.07, 6.45) is 18.1. The normalized spacial score (nSPS) is 14.1. The van der Waals surface area contributed by atoms with Crippen molar-refractivity contribution in [1.82, 2.24) is 0 Å². The van der Waals surface area contributed by atoms with E-state index in [2.05, 4.69) is 23.9 Å². The summed E-state index contributed by atoms with van der Waals surface area (Å²) in [5.41, 5.74) is 0. The summed E-state index contributed by atoms with van der Waals surface area (Å²) in [7, 11) is 0. The van der Waals surface area contributed by atoms with Crippen LogP contribution in [0, 0.1) is 12.7 Å². The van der Waals surface area contributed by atoms with Gasteiger partial charge in [-0.25, -0.2) is 24.3 Å². The second-order valence-electron chi connectivity index (χ2n) is 3.04. The van der Waals surface area contributed by atoms with Crippen molar-refractivity contribution < 1.29 is 43.4 Å². The predicted octanol–water partition coefficient (Wildman–Crippen LogP) is -1.62. The quantitative estimate of drug-likeness (QED) is 0.408. The number of thioether (sulfide) groups is 1.